The smallest absolute Gasteiger partial charge is 0.225 e. The zero-order valence-corrected chi connectivity index (χ0v) is 14.6. The van der Waals surface area contributed by atoms with Crippen molar-refractivity contribution in [2.75, 3.05) is 26.2 Å². The largest absolute Gasteiger partial charge is 0.339 e. The number of benzene rings is 1. The zero-order valence-electron chi connectivity index (χ0n) is 14.6. The van der Waals surface area contributed by atoms with E-state index in [1.54, 1.807) is 12.1 Å². The maximum Gasteiger partial charge on any atom is 0.225 e. The minimum absolute atomic E-state index is 0.150. The van der Waals surface area contributed by atoms with Crippen LogP contribution in [0, 0.1) is 17.2 Å². The summed E-state index contributed by atoms with van der Waals surface area (Å²) < 4.78 is 0. The molecule has 1 aromatic carbocycles. The molecule has 1 aliphatic carbocycles. The van der Waals surface area contributed by atoms with Gasteiger partial charge in [-0.2, -0.15) is 5.26 Å². The molecule has 2 aliphatic rings. The van der Waals surface area contributed by atoms with Crippen LogP contribution in [0.15, 0.2) is 24.3 Å². The fourth-order valence-corrected chi connectivity index (χ4v) is 3.76. The van der Waals surface area contributed by atoms with E-state index >= 15 is 0 Å². The van der Waals surface area contributed by atoms with Crippen LogP contribution in [0.3, 0.4) is 0 Å². The monoisotopic (exact) mass is 339 g/mol. The molecule has 0 bridgehead atoms. The van der Waals surface area contributed by atoms with Gasteiger partial charge in [-0.05, 0) is 37.0 Å². The van der Waals surface area contributed by atoms with E-state index in [2.05, 4.69) is 6.07 Å². The average molecular weight is 339 g/mol. The van der Waals surface area contributed by atoms with E-state index < -0.39 is 0 Å². The topological polar surface area (TPSA) is 64.4 Å². The van der Waals surface area contributed by atoms with E-state index in [1.165, 1.54) is 12.8 Å². The average Bonchev–Trinajstić information content (AvgIpc) is 3.21. The third kappa shape index (κ3) is 4.39. The molecule has 25 heavy (non-hydrogen) atoms. The zero-order chi connectivity index (χ0) is 17.6. The van der Waals surface area contributed by atoms with Crippen LogP contribution in [0.4, 0.5) is 0 Å². The predicted molar refractivity (Wildman–Crippen MR) is 94.6 cm³/mol. The first kappa shape index (κ1) is 17.5. The highest BCUT2D eigenvalue weighted by atomic mass is 16.2. The van der Waals surface area contributed by atoms with E-state index in [4.69, 9.17) is 5.26 Å². The molecule has 2 amide bonds. The third-order valence-corrected chi connectivity index (χ3v) is 5.36. The van der Waals surface area contributed by atoms with Crippen LogP contribution >= 0.6 is 0 Å². The fraction of sp³-hybridized carbons (Fsp3) is 0.550. The standard InChI is InChI=1S/C20H25N3O2/c21-15-17-7-5-16(6-8-17)9-10-19(24)22-11-13-23(14-12-22)20(25)18-3-1-2-4-18/h5-8,18H,1-4,9-14H2. The molecule has 1 saturated heterocycles. The number of aryl methyl sites for hydroxylation is 1. The first-order valence-corrected chi connectivity index (χ1v) is 9.23. The molecule has 0 radical (unpaired) electrons. The van der Waals surface area contributed by atoms with Gasteiger partial charge >= 0.3 is 0 Å². The summed E-state index contributed by atoms with van der Waals surface area (Å²) in [4.78, 5) is 28.7. The van der Waals surface area contributed by atoms with Crippen LogP contribution in [0.2, 0.25) is 0 Å². The number of nitrogens with zero attached hydrogens (tertiary/aromatic N) is 3. The molecule has 1 heterocycles. The summed E-state index contributed by atoms with van der Waals surface area (Å²) in [5, 5.41) is 8.81. The Bertz CT molecular complexity index is 649. The van der Waals surface area contributed by atoms with Gasteiger partial charge in [0.05, 0.1) is 11.6 Å². The van der Waals surface area contributed by atoms with Crippen LogP contribution in [0.1, 0.15) is 43.2 Å². The van der Waals surface area contributed by atoms with Crippen LogP contribution in [0.25, 0.3) is 0 Å². The lowest BCUT2D eigenvalue weighted by atomic mass is 10.1. The molecule has 0 unspecified atom stereocenters. The molecule has 3 rings (SSSR count). The van der Waals surface area contributed by atoms with Crippen molar-refractivity contribution in [2.45, 2.75) is 38.5 Å². The second-order valence-electron chi connectivity index (χ2n) is 7.00. The van der Waals surface area contributed by atoms with Gasteiger partial charge in [0, 0.05) is 38.5 Å². The van der Waals surface area contributed by atoms with Crippen LogP contribution in [-0.4, -0.2) is 47.8 Å². The quantitative estimate of drug-likeness (QED) is 0.846. The molecule has 1 aromatic rings. The highest BCUT2D eigenvalue weighted by Crippen LogP contribution is 2.27. The number of hydrogen-bond acceptors (Lipinski definition) is 3. The predicted octanol–water partition coefficient (Wildman–Crippen LogP) is 2.35. The number of hydrogen-bond donors (Lipinski definition) is 0. The van der Waals surface area contributed by atoms with Crippen LogP contribution < -0.4 is 0 Å². The first-order chi connectivity index (χ1) is 12.2. The Kier molecular flexibility index (Phi) is 5.70. The second-order valence-corrected chi connectivity index (χ2v) is 7.00. The third-order valence-electron chi connectivity index (χ3n) is 5.36. The van der Waals surface area contributed by atoms with E-state index in [1.807, 2.05) is 21.9 Å². The Hall–Kier alpha value is -2.35. The summed E-state index contributed by atoms with van der Waals surface area (Å²) in [5.41, 5.74) is 1.71. The molecule has 5 heteroatoms. The first-order valence-electron chi connectivity index (χ1n) is 9.23. The van der Waals surface area contributed by atoms with E-state index in [0.717, 1.165) is 18.4 Å². The number of carbonyl (C=O) groups is 2. The maximum atomic E-state index is 12.4. The van der Waals surface area contributed by atoms with Crippen molar-refractivity contribution < 1.29 is 9.59 Å². The number of piperazine rings is 1. The van der Waals surface area contributed by atoms with E-state index in [-0.39, 0.29) is 11.8 Å². The normalized spacial score (nSPS) is 18.2. The minimum Gasteiger partial charge on any atom is -0.339 e. The lowest BCUT2D eigenvalue weighted by Gasteiger charge is -2.36. The van der Waals surface area contributed by atoms with Crippen LogP contribution in [-0.2, 0) is 16.0 Å². The van der Waals surface area contributed by atoms with Gasteiger partial charge in [-0.15, -0.1) is 0 Å². The lowest BCUT2D eigenvalue weighted by Crippen LogP contribution is -2.51. The Labute approximate surface area is 149 Å². The van der Waals surface area contributed by atoms with Crippen LogP contribution in [0.5, 0.6) is 0 Å². The Morgan fingerprint density at radius 2 is 1.60 bits per heavy atom. The summed E-state index contributed by atoms with van der Waals surface area (Å²) in [6.07, 6.45) is 5.56. The molecule has 1 aliphatic heterocycles. The molecule has 0 atom stereocenters. The Morgan fingerprint density at radius 1 is 1.00 bits per heavy atom. The van der Waals surface area contributed by atoms with Gasteiger partial charge in [0.25, 0.3) is 0 Å². The van der Waals surface area contributed by atoms with Crippen molar-refractivity contribution in [1.82, 2.24) is 9.80 Å². The maximum absolute atomic E-state index is 12.4. The Balaban J connectivity index is 1.43. The number of rotatable bonds is 4. The van der Waals surface area contributed by atoms with Crippen molar-refractivity contribution in [2.24, 2.45) is 5.92 Å². The number of nitriles is 1. The van der Waals surface area contributed by atoms with E-state index in [0.29, 0.717) is 50.5 Å². The van der Waals surface area contributed by atoms with Crippen molar-refractivity contribution in [1.29, 1.82) is 5.26 Å². The van der Waals surface area contributed by atoms with Gasteiger partial charge in [0.2, 0.25) is 11.8 Å². The summed E-state index contributed by atoms with van der Waals surface area (Å²) in [7, 11) is 0. The van der Waals surface area contributed by atoms with Crippen molar-refractivity contribution >= 4 is 11.8 Å². The van der Waals surface area contributed by atoms with Gasteiger partial charge < -0.3 is 9.80 Å². The molecule has 0 N–H and O–H groups in total. The molecular weight excluding hydrogens is 314 g/mol. The highest BCUT2D eigenvalue weighted by molar-refractivity contribution is 5.80. The molecule has 0 spiro atoms. The summed E-state index contributed by atoms with van der Waals surface area (Å²) in [5.74, 6) is 0.665. The van der Waals surface area contributed by atoms with Crippen molar-refractivity contribution in [3.63, 3.8) is 0 Å². The molecule has 2 fully saturated rings. The summed E-state index contributed by atoms with van der Waals surface area (Å²) in [6.45, 7) is 2.62. The molecule has 1 saturated carbocycles. The second kappa shape index (κ2) is 8.15. The fourth-order valence-electron chi connectivity index (χ4n) is 3.76. The van der Waals surface area contributed by atoms with Crippen molar-refractivity contribution in [3.8, 4) is 6.07 Å². The number of amides is 2. The van der Waals surface area contributed by atoms with Gasteiger partial charge in [0.1, 0.15) is 0 Å². The van der Waals surface area contributed by atoms with Gasteiger partial charge in [-0.1, -0.05) is 25.0 Å². The molecular formula is C20H25N3O2. The molecule has 132 valence electrons. The lowest BCUT2D eigenvalue weighted by molar-refractivity contribution is -0.142. The minimum atomic E-state index is 0.150. The Morgan fingerprint density at radius 3 is 2.20 bits per heavy atom. The highest BCUT2D eigenvalue weighted by Gasteiger charge is 2.30. The molecule has 0 aromatic heterocycles. The SMILES string of the molecule is N#Cc1ccc(CCC(=O)N2CCN(C(=O)C3CCCC3)CC2)cc1. The van der Waals surface area contributed by atoms with Gasteiger partial charge in [-0.25, -0.2) is 0 Å². The van der Waals surface area contributed by atoms with E-state index in [9.17, 15) is 9.59 Å². The van der Waals surface area contributed by atoms with Gasteiger partial charge in [-0.3, -0.25) is 9.59 Å². The summed E-state index contributed by atoms with van der Waals surface area (Å²) in [6, 6.07) is 9.48. The summed E-state index contributed by atoms with van der Waals surface area (Å²) >= 11 is 0. The van der Waals surface area contributed by atoms with Gasteiger partial charge in [0.15, 0.2) is 0 Å². The molecule has 5 nitrogen and oxygen atoms in total. The number of carbonyl (C=O) groups excluding carboxylic acids is 2. The van der Waals surface area contributed by atoms with Crippen molar-refractivity contribution in [3.05, 3.63) is 35.4 Å².